The highest BCUT2D eigenvalue weighted by Gasteiger charge is 2.25. The van der Waals surface area contributed by atoms with Crippen LogP contribution in [0.1, 0.15) is 27.2 Å². The lowest BCUT2D eigenvalue weighted by atomic mass is 9.92. The lowest BCUT2D eigenvalue weighted by Crippen LogP contribution is -2.50. The number of piperidine rings is 1. The summed E-state index contributed by atoms with van der Waals surface area (Å²) in [6, 6.07) is 0.128. The average molecular weight is 243 g/mol. The molecule has 0 aromatic heterocycles. The highest BCUT2D eigenvalue weighted by Crippen LogP contribution is 2.14. The van der Waals surface area contributed by atoms with Crippen LogP contribution < -0.4 is 11.1 Å². The van der Waals surface area contributed by atoms with Crippen LogP contribution >= 0.6 is 0 Å². The molecule has 0 radical (unpaired) electrons. The molecule has 0 unspecified atom stereocenters. The van der Waals surface area contributed by atoms with E-state index in [-0.39, 0.29) is 12.1 Å². The first kappa shape index (κ1) is 14.3. The summed E-state index contributed by atoms with van der Waals surface area (Å²) in [5, 5.41) is 2.79. The Labute approximate surface area is 104 Å². The second-order valence-electron chi connectivity index (χ2n) is 5.86. The van der Waals surface area contributed by atoms with Crippen LogP contribution in [0.2, 0.25) is 0 Å². The van der Waals surface area contributed by atoms with E-state index in [0.717, 1.165) is 19.5 Å². The Balaban J connectivity index is 2.28. The molecule has 0 saturated carbocycles. The van der Waals surface area contributed by atoms with E-state index in [9.17, 15) is 4.79 Å². The van der Waals surface area contributed by atoms with Crippen molar-refractivity contribution in [1.29, 1.82) is 0 Å². The van der Waals surface area contributed by atoms with Crippen molar-refractivity contribution in [2.24, 2.45) is 11.7 Å². The molecule has 0 aromatic rings. The Bertz CT molecular complexity index is 263. The molecule has 0 spiro atoms. The molecule has 5 nitrogen and oxygen atoms in total. The number of nitrogens with zero attached hydrogens (tertiary/aromatic N) is 1. The highest BCUT2D eigenvalue weighted by molar-refractivity contribution is 5.67. The average Bonchev–Trinajstić information content (AvgIpc) is 2.13. The van der Waals surface area contributed by atoms with E-state index in [4.69, 9.17) is 10.5 Å². The Kier molecular flexibility index (Phi) is 4.77. The van der Waals surface area contributed by atoms with Crippen molar-refractivity contribution in [3.63, 3.8) is 0 Å². The molecular formula is C12H25N3O2. The first-order chi connectivity index (χ1) is 7.78. The minimum absolute atomic E-state index is 0.128. The summed E-state index contributed by atoms with van der Waals surface area (Å²) < 4.78 is 5.18. The number of ether oxygens (including phenoxy) is 1. The zero-order valence-corrected chi connectivity index (χ0v) is 11.3. The fourth-order valence-corrected chi connectivity index (χ4v) is 1.98. The van der Waals surface area contributed by atoms with Crippen LogP contribution in [-0.2, 0) is 4.74 Å². The van der Waals surface area contributed by atoms with Crippen LogP contribution in [0.15, 0.2) is 0 Å². The van der Waals surface area contributed by atoms with Crippen molar-refractivity contribution in [2.75, 3.05) is 26.7 Å². The zero-order chi connectivity index (χ0) is 13.1. The molecule has 0 aliphatic carbocycles. The Morgan fingerprint density at radius 1 is 1.53 bits per heavy atom. The van der Waals surface area contributed by atoms with E-state index < -0.39 is 5.60 Å². The molecule has 3 N–H and O–H groups in total. The number of likely N-dealkylation sites (tertiary alicyclic amines) is 1. The molecule has 2 atom stereocenters. The fourth-order valence-electron chi connectivity index (χ4n) is 1.98. The lowest BCUT2D eigenvalue weighted by Gasteiger charge is -2.34. The minimum Gasteiger partial charge on any atom is -0.444 e. The quantitative estimate of drug-likeness (QED) is 0.752. The highest BCUT2D eigenvalue weighted by atomic mass is 16.6. The van der Waals surface area contributed by atoms with Crippen LogP contribution in [0.25, 0.3) is 0 Å². The van der Waals surface area contributed by atoms with Gasteiger partial charge in [-0.15, -0.1) is 0 Å². The van der Waals surface area contributed by atoms with Crippen molar-refractivity contribution in [3.05, 3.63) is 0 Å². The molecule has 1 saturated heterocycles. The van der Waals surface area contributed by atoms with Crippen LogP contribution in [-0.4, -0.2) is 49.3 Å². The first-order valence-corrected chi connectivity index (χ1v) is 6.19. The van der Waals surface area contributed by atoms with Crippen LogP contribution in [0.3, 0.4) is 0 Å². The smallest absolute Gasteiger partial charge is 0.407 e. The lowest BCUT2D eigenvalue weighted by molar-refractivity contribution is 0.0508. The van der Waals surface area contributed by atoms with Crippen LogP contribution in [0, 0.1) is 5.92 Å². The van der Waals surface area contributed by atoms with Crippen LogP contribution in [0.5, 0.6) is 0 Å². The van der Waals surface area contributed by atoms with Gasteiger partial charge in [-0.1, -0.05) is 0 Å². The molecule has 1 aliphatic rings. The minimum atomic E-state index is -0.445. The number of hydrogen-bond acceptors (Lipinski definition) is 4. The normalized spacial score (nSPS) is 26.6. The Morgan fingerprint density at radius 3 is 2.71 bits per heavy atom. The maximum Gasteiger partial charge on any atom is 0.407 e. The molecule has 1 amide bonds. The largest absolute Gasteiger partial charge is 0.444 e. The van der Waals surface area contributed by atoms with Gasteiger partial charge in [-0.05, 0) is 46.7 Å². The van der Waals surface area contributed by atoms with Gasteiger partial charge < -0.3 is 20.7 Å². The third-order valence-electron chi connectivity index (χ3n) is 2.92. The number of nitrogens with two attached hydrogens (primary N) is 1. The van der Waals surface area contributed by atoms with Gasteiger partial charge in [0.1, 0.15) is 5.60 Å². The number of hydrogen-bond donors (Lipinski definition) is 2. The van der Waals surface area contributed by atoms with Gasteiger partial charge >= 0.3 is 6.09 Å². The second-order valence-corrected chi connectivity index (χ2v) is 5.86. The van der Waals surface area contributed by atoms with Crippen molar-refractivity contribution in [3.8, 4) is 0 Å². The number of carbonyl (C=O) groups excluding carboxylic acids is 1. The predicted molar refractivity (Wildman–Crippen MR) is 67.8 cm³/mol. The molecule has 17 heavy (non-hydrogen) atoms. The van der Waals surface area contributed by atoms with Crippen LogP contribution in [0.4, 0.5) is 4.79 Å². The van der Waals surface area contributed by atoms with Gasteiger partial charge in [-0.3, -0.25) is 0 Å². The predicted octanol–water partition coefficient (Wildman–Crippen LogP) is 0.790. The fraction of sp³-hybridized carbons (Fsp3) is 0.917. The molecule has 0 bridgehead atoms. The number of carbonyl (C=O) groups is 1. The summed E-state index contributed by atoms with van der Waals surface area (Å²) in [5.74, 6) is 0.346. The molecule has 1 fully saturated rings. The first-order valence-electron chi connectivity index (χ1n) is 6.19. The maximum absolute atomic E-state index is 11.5. The van der Waals surface area contributed by atoms with E-state index in [1.54, 1.807) is 0 Å². The summed E-state index contributed by atoms with van der Waals surface area (Å²) in [6.45, 7) is 8.09. The number of rotatable bonds is 2. The van der Waals surface area contributed by atoms with Gasteiger partial charge in [0.2, 0.25) is 0 Å². The molecule has 1 aliphatic heterocycles. The molecule has 100 valence electrons. The van der Waals surface area contributed by atoms with E-state index in [1.807, 2.05) is 20.8 Å². The van der Waals surface area contributed by atoms with E-state index >= 15 is 0 Å². The number of alkyl carbamates (subject to hydrolysis) is 1. The van der Waals surface area contributed by atoms with Gasteiger partial charge in [-0.25, -0.2) is 4.79 Å². The van der Waals surface area contributed by atoms with Gasteiger partial charge in [0.05, 0.1) is 0 Å². The van der Waals surface area contributed by atoms with Crippen molar-refractivity contribution in [2.45, 2.75) is 38.8 Å². The number of nitrogens with one attached hydrogen (secondary N) is 1. The molecule has 0 aromatic carbocycles. The molecule has 5 heteroatoms. The summed E-state index contributed by atoms with van der Waals surface area (Å²) in [5.41, 5.74) is 5.60. The SMILES string of the molecule is CN1CC[C@@H](CNC(=O)OC(C)(C)C)[C@H](N)C1. The summed E-state index contributed by atoms with van der Waals surface area (Å²) in [4.78, 5) is 13.7. The zero-order valence-electron chi connectivity index (χ0n) is 11.3. The molecular weight excluding hydrogens is 218 g/mol. The molecule has 1 heterocycles. The van der Waals surface area contributed by atoms with Gasteiger partial charge in [0, 0.05) is 19.1 Å². The summed E-state index contributed by atoms with van der Waals surface area (Å²) >= 11 is 0. The van der Waals surface area contributed by atoms with E-state index in [0.29, 0.717) is 12.5 Å². The third kappa shape index (κ3) is 5.37. The summed E-state index contributed by atoms with van der Waals surface area (Å²) in [7, 11) is 2.07. The van der Waals surface area contributed by atoms with E-state index in [1.165, 1.54) is 0 Å². The van der Waals surface area contributed by atoms with Crippen molar-refractivity contribution < 1.29 is 9.53 Å². The second kappa shape index (κ2) is 5.69. The number of amides is 1. The Morgan fingerprint density at radius 2 is 2.18 bits per heavy atom. The Hall–Kier alpha value is -0.810. The molecule has 1 rings (SSSR count). The topological polar surface area (TPSA) is 67.6 Å². The summed E-state index contributed by atoms with van der Waals surface area (Å²) in [6.07, 6.45) is 0.664. The van der Waals surface area contributed by atoms with Gasteiger partial charge in [-0.2, -0.15) is 0 Å². The third-order valence-corrected chi connectivity index (χ3v) is 2.92. The van der Waals surface area contributed by atoms with Gasteiger partial charge in [0.25, 0.3) is 0 Å². The van der Waals surface area contributed by atoms with Crippen molar-refractivity contribution in [1.82, 2.24) is 10.2 Å². The van der Waals surface area contributed by atoms with Crippen molar-refractivity contribution >= 4 is 6.09 Å². The maximum atomic E-state index is 11.5. The van der Waals surface area contributed by atoms with E-state index in [2.05, 4.69) is 17.3 Å². The number of likely N-dealkylation sites (N-methyl/N-ethyl adjacent to an activating group) is 1. The van der Waals surface area contributed by atoms with Gasteiger partial charge in [0.15, 0.2) is 0 Å². The monoisotopic (exact) mass is 243 g/mol. The standard InChI is InChI=1S/C12H25N3O2/c1-12(2,3)17-11(16)14-7-9-5-6-15(4)8-10(9)13/h9-10H,5-8,13H2,1-4H3,(H,14,16)/t9-,10+/m0/s1.